The Bertz CT molecular complexity index is 729. The van der Waals surface area contributed by atoms with Gasteiger partial charge in [-0.2, -0.15) is 0 Å². The van der Waals surface area contributed by atoms with Crippen LogP contribution in [0.5, 0.6) is 0 Å². The average molecular weight is 422 g/mol. The zero-order valence-electron chi connectivity index (χ0n) is 15.2. The number of carbonyl (C=O) groups is 3. The monoisotopic (exact) mass is 421 g/mol. The van der Waals surface area contributed by atoms with E-state index >= 15 is 0 Å². The molecule has 2 aliphatic rings. The molecule has 2 heterocycles. The van der Waals surface area contributed by atoms with Gasteiger partial charge in [0.25, 0.3) is 11.8 Å². The number of nitrogens with zero attached hydrogens (tertiary/aromatic N) is 3. The van der Waals surface area contributed by atoms with Gasteiger partial charge in [-0.3, -0.25) is 19.3 Å². The van der Waals surface area contributed by atoms with E-state index in [1.807, 2.05) is 11.9 Å². The van der Waals surface area contributed by atoms with Crippen molar-refractivity contribution in [2.24, 2.45) is 0 Å². The molecule has 1 aromatic rings. The fourth-order valence-corrected chi connectivity index (χ4v) is 3.98. The Kier molecular flexibility index (Phi) is 5.77. The van der Waals surface area contributed by atoms with Crippen molar-refractivity contribution in [1.29, 1.82) is 0 Å². The molecule has 1 fully saturated rings. The van der Waals surface area contributed by atoms with Crippen LogP contribution in [0, 0.1) is 0 Å². The van der Waals surface area contributed by atoms with Gasteiger partial charge >= 0.3 is 0 Å². The van der Waals surface area contributed by atoms with Crippen LogP contribution in [0.4, 0.5) is 0 Å². The van der Waals surface area contributed by atoms with Gasteiger partial charge in [0.15, 0.2) is 0 Å². The molecule has 0 aromatic heterocycles. The number of halogens is 1. The molecule has 6 nitrogen and oxygen atoms in total. The van der Waals surface area contributed by atoms with Crippen LogP contribution in [0.1, 0.15) is 46.4 Å². The Hall–Kier alpha value is -1.73. The summed E-state index contributed by atoms with van der Waals surface area (Å²) in [7, 11) is 3.95. The molecule has 0 aliphatic carbocycles. The Morgan fingerprint density at radius 2 is 1.85 bits per heavy atom. The summed E-state index contributed by atoms with van der Waals surface area (Å²) < 4.78 is 0.772. The maximum Gasteiger partial charge on any atom is 0.261 e. The van der Waals surface area contributed by atoms with E-state index in [4.69, 9.17) is 0 Å². The molecule has 0 bridgehead atoms. The van der Waals surface area contributed by atoms with Crippen molar-refractivity contribution in [3.05, 3.63) is 33.8 Å². The fourth-order valence-electron chi connectivity index (χ4n) is 3.62. The number of carbonyl (C=O) groups excluding carboxylic acids is 3. The Labute approximate surface area is 162 Å². The highest BCUT2D eigenvalue weighted by Gasteiger charge is 2.35. The number of amides is 3. The van der Waals surface area contributed by atoms with Gasteiger partial charge in [-0.05, 0) is 57.6 Å². The second kappa shape index (κ2) is 7.88. The van der Waals surface area contributed by atoms with E-state index in [-0.39, 0.29) is 30.3 Å². The van der Waals surface area contributed by atoms with Crippen molar-refractivity contribution < 1.29 is 14.4 Å². The summed E-state index contributed by atoms with van der Waals surface area (Å²) in [5, 5.41) is 0. The molecule has 0 N–H and O–H groups in total. The first-order valence-corrected chi connectivity index (χ1v) is 9.77. The predicted octanol–water partition coefficient (Wildman–Crippen LogP) is 2.38. The molecule has 7 heteroatoms. The quantitative estimate of drug-likeness (QED) is 0.684. The first-order valence-electron chi connectivity index (χ1n) is 8.98. The van der Waals surface area contributed by atoms with Crippen LogP contribution in [0.2, 0.25) is 0 Å². The second-order valence-electron chi connectivity index (χ2n) is 7.09. The van der Waals surface area contributed by atoms with Crippen LogP contribution < -0.4 is 0 Å². The van der Waals surface area contributed by atoms with E-state index < -0.39 is 0 Å². The Morgan fingerprint density at radius 3 is 2.54 bits per heavy atom. The lowest BCUT2D eigenvalue weighted by Crippen LogP contribution is -2.44. The van der Waals surface area contributed by atoms with E-state index in [0.717, 1.165) is 30.4 Å². The lowest BCUT2D eigenvalue weighted by atomic mass is 10.0. The molecule has 0 radical (unpaired) electrons. The van der Waals surface area contributed by atoms with E-state index in [0.29, 0.717) is 24.0 Å². The number of benzene rings is 1. The molecule has 3 rings (SSSR count). The van der Waals surface area contributed by atoms with Gasteiger partial charge in [-0.25, -0.2) is 0 Å². The second-order valence-corrected chi connectivity index (χ2v) is 8.01. The number of hydrogen-bond donors (Lipinski definition) is 0. The molecule has 0 spiro atoms. The molecule has 2 aliphatic heterocycles. The van der Waals surface area contributed by atoms with Crippen LogP contribution in [0.15, 0.2) is 22.7 Å². The lowest BCUT2D eigenvalue weighted by molar-refractivity contribution is -0.132. The molecule has 26 heavy (non-hydrogen) atoms. The predicted molar refractivity (Wildman–Crippen MR) is 102 cm³/mol. The number of hydrogen-bond acceptors (Lipinski definition) is 4. The van der Waals surface area contributed by atoms with Crippen molar-refractivity contribution in [1.82, 2.24) is 14.7 Å². The summed E-state index contributed by atoms with van der Waals surface area (Å²) in [5.74, 6) is -0.463. The third-order valence-corrected chi connectivity index (χ3v) is 5.83. The van der Waals surface area contributed by atoms with E-state index in [2.05, 4.69) is 27.9 Å². The maximum absolute atomic E-state index is 12.4. The standard InChI is InChI=1S/C19H24BrN3O3/c1-21-10-7-14(8-11-21)22(2)17(24)4-3-9-23-18(25)15-6-5-13(20)12-16(15)19(23)26/h5-6,12,14H,3-4,7-11H2,1-2H3. The Balaban J connectivity index is 1.51. The zero-order chi connectivity index (χ0) is 18.8. The first-order chi connectivity index (χ1) is 12.4. The van der Waals surface area contributed by atoms with Crippen molar-refractivity contribution in [3.63, 3.8) is 0 Å². The molecule has 3 amide bonds. The van der Waals surface area contributed by atoms with Gasteiger partial charge in [-0.15, -0.1) is 0 Å². The summed E-state index contributed by atoms with van der Waals surface area (Å²) in [6.07, 6.45) is 2.82. The lowest BCUT2D eigenvalue weighted by Gasteiger charge is -2.35. The number of fused-ring (bicyclic) bond motifs is 1. The smallest absolute Gasteiger partial charge is 0.261 e. The van der Waals surface area contributed by atoms with Crippen molar-refractivity contribution in [2.75, 3.05) is 33.7 Å². The van der Waals surface area contributed by atoms with Gasteiger partial charge in [-0.1, -0.05) is 15.9 Å². The zero-order valence-corrected chi connectivity index (χ0v) is 16.8. The summed E-state index contributed by atoms with van der Waals surface area (Å²) in [6, 6.07) is 5.39. The fraction of sp³-hybridized carbons (Fsp3) is 0.526. The molecule has 0 saturated carbocycles. The van der Waals surface area contributed by atoms with Gasteiger partial charge in [0.05, 0.1) is 11.1 Å². The summed E-state index contributed by atoms with van der Waals surface area (Å²) >= 11 is 3.33. The molecule has 0 unspecified atom stereocenters. The molecular formula is C19H24BrN3O3. The topological polar surface area (TPSA) is 60.9 Å². The third kappa shape index (κ3) is 3.83. The third-order valence-electron chi connectivity index (χ3n) is 5.33. The SMILES string of the molecule is CN1CCC(N(C)C(=O)CCCN2C(=O)c3ccc(Br)cc3C2=O)CC1. The minimum Gasteiger partial charge on any atom is -0.343 e. The number of piperidine rings is 1. The van der Waals surface area contributed by atoms with Crippen molar-refractivity contribution in [2.45, 2.75) is 31.7 Å². The highest BCUT2D eigenvalue weighted by Crippen LogP contribution is 2.26. The maximum atomic E-state index is 12.4. The number of rotatable bonds is 5. The van der Waals surface area contributed by atoms with Gasteiger partial charge in [0.2, 0.25) is 5.91 Å². The molecule has 1 aromatic carbocycles. The average Bonchev–Trinajstić information content (AvgIpc) is 2.86. The minimum atomic E-state index is -0.276. The highest BCUT2D eigenvalue weighted by molar-refractivity contribution is 9.10. The van der Waals surface area contributed by atoms with Crippen LogP contribution in [-0.2, 0) is 4.79 Å². The summed E-state index contributed by atoms with van der Waals surface area (Å²) in [4.78, 5) is 42.6. The van der Waals surface area contributed by atoms with Crippen LogP contribution in [-0.4, -0.2) is 72.2 Å². The molecular weight excluding hydrogens is 398 g/mol. The number of likely N-dealkylation sites (tertiary alicyclic amines) is 1. The minimum absolute atomic E-state index is 0.0823. The Morgan fingerprint density at radius 1 is 1.19 bits per heavy atom. The summed E-state index contributed by atoms with van der Waals surface area (Å²) in [5.41, 5.74) is 0.868. The number of imide groups is 1. The summed E-state index contributed by atoms with van der Waals surface area (Å²) in [6.45, 7) is 2.29. The van der Waals surface area contributed by atoms with E-state index in [9.17, 15) is 14.4 Å². The van der Waals surface area contributed by atoms with Gasteiger partial charge in [0.1, 0.15) is 0 Å². The van der Waals surface area contributed by atoms with E-state index in [1.54, 1.807) is 18.2 Å². The largest absolute Gasteiger partial charge is 0.343 e. The molecule has 140 valence electrons. The van der Waals surface area contributed by atoms with Crippen LogP contribution in [0.25, 0.3) is 0 Å². The van der Waals surface area contributed by atoms with Crippen LogP contribution >= 0.6 is 15.9 Å². The molecule has 1 saturated heterocycles. The highest BCUT2D eigenvalue weighted by atomic mass is 79.9. The molecule has 0 atom stereocenters. The van der Waals surface area contributed by atoms with E-state index in [1.165, 1.54) is 4.90 Å². The van der Waals surface area contributed by atoms with Crippen molar-refractivity contribution >= 4 is 33.7 Å². The normalized spacial score (nSPS) is 18.3. The first kappa shape index (κ1) is 19.0. The van der Waals surface area contributed by atoms with Crippen LogP contribution in [0.3, 0.4) is 0 Å². The van der Waals surface area contributed by atoms with Gasteiger partial charge in [0, 0.05) is 30.5 Å². The van der Waals surface area contributed by atoms with Gasteiger partial charge < -0.3 is 9.80 Å². The van der Waals surface area contributed by atoms with Crippen molar-refractivity contribution in [3.8, 4) is 0 Å².